The standard InChI is InChI=1S/C20H18ClF2N3O3/c1-12(6-7-27)18-20(29)26(19-16(23)8-14(21)9-24-19)11-17(28)25(18)10-13-2-4-15(22)5-3-13/h2-5,8-9,18,27H,1,6-7,10-11H2/t18-/m1/s1. The number of halogens is 3. The second-order valence-corrected chi connectivity index (χ2v) is 7.00. The van der Waals surface area contributed by atoms with Gasteiger partial charge < -0.3 is 10.0 Å². The summed E-state index contributed by atoms with van der Waals surface area (Å²) in [6.45, 7) is 3.17. The Morgan fingerprint density at radius 2 is 1.97 bits per heavy atom. The molecule has 0 saturated carbocycles. The molecule has 0 bridgehead atoms. The van der Waals surface area contributed by atoms with Gasteiger partial charge in [-0.25, -0.2) is 13.8 Å². The van der Waals surface area contributed by atoms with Crippen LogP contribution in [0.25, 0.3) is 0 Å². The molecule has 0 aliphatic carbocycles. The van der Waals surface area contributed by atoms with Gasteiger partial charge >= 0.3 is 0 Å². The summed E-state index contributed by atoms with van der Waals surface area (Å²) in [5.41, 5.74) is 0.908. The van der Waals surface area contributed by atoms with Crippen molar-refractivity contribution in [2.75, 3.05) is 18.1 Å². The van der Waals surface area contributed by atoms with E-state index in [4.69, 9.17) is 11.6 Å². The number of carbonyl (C=O) groups excluding carboxylic acids is 2. The van der Waals surface area contributed by atoms with Gasteiger partial charge in [-0.15, -0.1) is 0 Å². The number of aliphatic hydroxyl groups is 1. The van der Waals surface area contributed by atoms with E-state index in [1.807, 2.05) is 0 Å². The van der Waals surface area contributed by atoms with Crippen LogP contribution in [-0.4, -0.2) is 46.0 Å². The fourth-order valence-electron chi connectivity index (χ4n) is 3.16. The molecule has 2 heterocycles. The number of aromatic nitrogens is 1. The van der Waals surface area contributed by atoms with Gasteiger partial charge in [0.05, 0.1) is 5.02 Å². The third-order valence-electron chi connectivity index (χ3n) is 4.56. The van der Waals surface area contributed by atoms with E-state index in [0.29, 0.717) is 11.1 Å². The molecule has 1 atom stereocenters. The first-order chi connectivity index (χ1) is 13.8. The highest BCUT2D eigenvalue weighted by Gasteiger charge is 2.42. The lowest BCUT2D eigenvalue weighted by Crippen LogP contribution is -2.60. The number of piperazine rings is 1. The summed E-state index contributed by atoms with van der Waals surface area (Å²) in [6.07, 6.45) is 1.26. The first kappa shape index (κ1) is 20.9. The third kappa shape index (κ3) is 4.44. The number of hydrogen-bond donors (Lipinski definition) is 1. The molecule has 1 fully saturated rings. The molecule has 1 saturated heterocycles. The molecular weight excluding hydrogens is 404 g/mol. The highest BCUT2D eigenvalue weighted by atomic mass is 35.5. The predicted octanol–water partition coefficient (Wildman–Crippen LogP) is 2.70. The number of carbonyl (C=O) groups is 2. The van der Waals surface area contributed by atoms with Crippen LogP contribution in [0.1, 0.15) is 12.0 Å². The number of pyridine rings is 1. The monoisotopic (exact) mass is 421 g/mol. The number of rotatable bonds is 6. The topological polar surface area (TPSA) is 73.7 Å². The van der Waals surface area contributed by atoms with Gasteiger partial charge in [0.2, 0.25) is 5.91 Å². The minimum atomic E-state index is -1.12. The van der Waals surface area contributed by atoms with E-state index < -0.39 is 36.0 Å². The van der Waals surface area contributed by atoms with Gasteiger partial charge in [-0.2, -0.15) is 0 Å². The molecule has 9 heteroatoms. The van der Waals surface area contributed by atoms with Crippen molar-refractivity contribution in [2.24, 2.45) is 0 Å². The van der Waals surface area contributed by atoms with E-state index in [9.17, 15) is 23.5 Å². The number of benzene rings is 1. The number of amides is 2. The van der Waals surface area contributed by atoms with Gasteiger partial charge in [0, 0.05) is 19.3 Å². The summed E-state index contributed by atoms with van der Waals surface area (Å²) in [5.74, 6) is -2.63. The summed E-state index contributed by atoms with van der Waals surface area (Å²) in [4.78, 5) is 32.1. The average Bonchev–Trinajstić information content (AvgIpc) is 2.67. The van der Waals surface area contributed by atoms with Crippen molar-refractivity contribution in [1.82, 2.24) is 9.88 Å². The fraction of sp³-hybridized carbons (Fsp3) is 0.250. The summed E-state index contributed by atoms with van der Waals surface area (Å²) in [5, 5.41) is 9.32. The van der Waals surface area contributed by atoms with Crippen molar-refractivity contribution in [1.29, 1.82) is 0 Å². The van der Waals surface area contributed by atoms with E-state index in [1.54, 1.807) is 0 Å². The Labute approximate surface area is 171 Å². The van der Waals surface area contributed by atoms with Gasteiger partial charge in [-0.1, -0.05) is 30.3 Å². The van der Waals surface area contributed by atoms with E-state index >= 15 is 0 Å². The molecule has 0 radical (unpaired) electrons. The number of hydrogen-bond acceptors (Lipinski definition) is 4. The zero-order valence-electron chi connectivity index (χ0n) is 15.3. The van der Waals surface area contributed by atoms with Crippen molar-refractivity contribution in [3.8, 4) is 0 Å². The van der Waals surface area contributed by atoms with E-state index in [2.05, 4.69) is 11.6 Å². The highest BCUT2D eigenvalue weighted by Crippen LogP contribution is 2.28. The Morgan fingerprint density at radius 3 is 2.59 bits per heavy atom. The molecule has 152 valence electrons. The number of nitrogens with zero attached hydrogens (tertiary/aromatic N) is 3. The fourth-order valence-corrected chi connectivity index (χ4v) is 3.30. The van der Waals surface area contributed by atoms with Gasteiger partial charge in [0.25, 0.3) is 5.91 Å². The van der Waals surface area contributed by atoms with Crippen LogP contribution in [0, 0.1) is 11.6 Å². The summed E-state index contributed by atoms with van der Waals surface area (Å²) >= 11 is 5.72. The Kier molecular flexibility index (Phi) is 6.24. The first-order valence-electron chi connectivity index (χ1n) is 8.76. The average molecular weight is 422 g/mol. The molecule has 2 amide bonds. The minimum absolute atomic E-state index is 0.0321. The summed E-state index contributed by atoms with van der Waals surface area (Å²) < 4.78 is 27.5. The summed E-state index contributed by atoms with van der Waals surface area (Å²) in [7, 11) is 0. The quantitative estimate of drug-likeness (QED) is 0.728. The van der Waals surface area contributed by atoms with Gasteiger partial charge in [0.15, 0.2) is 11.6 Å². The van der Waals surface area contributed by atoms with Crippen LogP contribution in [-0.2, 0) is 16.1 Å². The smallest absolute Gasteiger partial charge is 0.255 e. The third-order valence-corrected chi connectivity index (χ3v) is 4.76. The lowest BCUT2D eigenvalue weighted by molar-refractivity contribution is -0.142. The van der Waals surface area contributed by atoms with Crippen LogP contribution < -0.4 is 4.90 Å². The largest absolute Gasteiger partial charge is 0.396 e. The minimum Gasteiger partial charge on any atom is -0.396 e. The Bertz CT molecular complexity index is 952. The molecular formula is C20H18ClF2N3O3. The second-order valence-electron chi connectivity index (χ2n) is 6.57. The van der Waals surface area contributed by atoms with Crippen LogP contribution in [0.4, 0.5) is 14.6 Å². The zero-order chi connectivity index (χ0) is 21.1. The molecule has 3 rings (SSSR count). The molecule has 1 aliphatic heterocycles. The van der Waals surface area contributed by atoms with Crippen LogP contribution in [0.5, 0.6) is 0 Å². The van der Waals surface area contributed by atoms with E-state index in [1.165, 1.54) is 35.4 Å². The normalized spacial score (nSPS) is 17.0. The molecule has 1 aromatic carbocycles. The van der Waals surface area contributed by atoms with E-state index in [-0.39, 0.29) is 30.4 Å². The predicted molar refractivity (Wildman–Crippen MR) is 103 cm³/mol. The van der Waals surface area contributed by atoms with Crippen molar-refractivity contribution in [3.05, 3.63) is 70.9 Å². The van der Waals surface area contributed by atoms with Crippen molar-refractivity contribution in [3.63, 3.8) is 0 Å². The number of anilines is 1. The van der Waals surface area contributed by atoms with Crippen molar-refractivity contribution >= 4 is 29.2 Å². The second kappa shape index (κ2) is 8.67. The molecule has 29 heavy (non-hydrogen) atoms. The van der Waals surface area contributed by atoms with Crippen LogP contribution in [0.3, 0.4) is 0 Å². The molecule has 0 unspecified atom stereocenters. The molecule has 1 aliphatic rings. The van der Waals surface area contributed by atoms with E-state index in [0.717, 1.165) is 11.0 Å². The van der Waals surface area contributed by atoms with Gasteiger partial charge in [-0.05, 0) is 35.8 Å². The van der Waals surface area contributed by atoms with Crippen molar-refractivity contribution < 1.29 is 23.5 Å². The Hall–Kier alpha value is -2.84. The SMILES string of the molecule is C=C(CCO)[C@@H]1C(=O)N(c2ncc(Cl)cc2F)CC(=O)N1Cc1ccc(F)cc1. The molecule has 2 aromatic rings. The van der Waals surface area contributed by atoms with Crippen molar-refractivity contribution in [2.45, 2.75) is 19.0 Å². The highest BCUT2D eigenvalue weighted by molar-refractivity contribution is 6.30. The lowest BCUT2D eigenvalue weighted by Gasteiger charge is -2.40. The maximum absolute atomic E-state index is 14.3. The maximum atomic E-state index is 14.3. The molecule has 6 nitrogen and oxygen atoms in total. The van der Waals surface area contributed by atoms with Crippen LogP contribution in [0.15, 0.2) is 48.7 Å². The van der Waals surface area contributed by atoms with Gasteiger partial charge in [-0.3, -0.25) is 14.5 Å². The Morgan fingerprint density at radius 1 is 1.28 bits per heavy atom. The number of aliphatic hydroxyl groups excluding tert-OH is 1. The first-order valence-corrected chi connectivity index (χ1v) is 9.14. The molecule has 0 spiro atoms. The summed E-state index contributed by atoms with van der Waals surface area (Å²) in [6, 6.07) is 5.40. The molecule has 1 N–H and O–H groups in total. The van der Waals surface area contributed by atoms with Crippen LogP contribution in [0.2, 0.25) is 5.02 Å². The van der Waals surface area contributed by atoms with Crippen LogP contribution >= 0.6 is 11.6 Å². The Balaban J connectivity index is 1.96. The maximum Gasteiger partial charge on any atom is 0.255 e. The molecule has 1 aromatic heterocycles. The lowest BCUT2D eigenvalue weighted by atomic mass is 9.99. The zero-order valence-corrected chi connectivity index (χ0v) is 16.1. The van der Waals surface area contributed by atoms with Gasteiger partial charge in [0.1, 0.15) is 18.4 Å².